The molecule has 0 saturated carbocycles. The summed E-state index contributed by atoms with van der Waals surface area (Å²) >= 11 is 0. The number of hydrogen-bond donors (Lipinski definition) is 3. The number of carbonyl (C=O) groups is 3. The molecule has 3 amide bonds. The van der Waals surface area contributed by atoms with Gasteiger partial charge < -0.3 is 30.3 Å². The van der Waals surface area contributed by atoms with E-state index in [1.165, 1.54) is 4.90 Å². The summed E-state index contributed by atoms with van der Waals surface area (Å²) in [6.07, 6.45) is 1.04. The monoisotopic (exact) mass is 548 g/mol. The largest absolute Gasteiger partial charge is 0.394 e. The summed E-state index contributed by atoms with van der Waals surface area (Å²) in [6.45, 7) is 9.56. The first-order valence-electron chi connectivity index (χ1n) is 14.3. The van der Waals surface area contributed by atoms with Gasteiger partial charge in [-0.05, 0) is 70.4 Å². The number of hydrogen-bond acceptors (Lipinski definition) is 6. The Morgan fingerprint density at radius 1 is 1.07 bits per heavy atom. The molecule has 3 heterocycles. The van der Waals surface area contributed by atoms with Gasteiger partial charge in [-0.25, -0.2) is 0 Å². The highest BCUT2D eigenvalue weighted by molar-refractivity contribution is 6.04. The molecule has 214 valence electrons. The zero-order chi connectivity index (χ0) is 28.7. The van der Waals surface area contributed by atoms with E-state index in [0.717, 1.165) is 24.3 Å². The number of likely N-dealkylation sites (tertiary alicyclic amines) is 1. The fraction of sp³-hybridized carbons (Fsp3) is 0.516. The molecule has 2 unspecified atom stereocenters. The lowest BCUT2D eigenvalue weighted by atomic mass is 9.66. The van der Waals surface area contributed by atoms with Gasteiger partial charge in [0.25, 0.3) is 0 Å². The maximum Gasteiger partial charge on any atom is 0.250 e. The minimum Gasteiger partial charge on any atom is -0.394 e. The van der Waals surface area contributed by atoms with Gasteiger partial charge >= 0.3 is 0 Å². The van der Waals surface area contributed by atoms with Crippen molar-refractivity contribution in [2.45, 2.75) is 70.4 Å². The number of fused-ring (bicyclic) bond motifs is 1. The van der Waals surface area contributed by atoms with Gasteiger partial charge in [0.15, 0.2) is 0 Å². The molecule has 9 nitrogen and oxygen atoms in total. The minimum absolute atomic E-state index is 0.254. The molecule has 2 aromatic rings. The Balaban J connectivity index is 1.42. The molecule has 1 spiro atoms. The topological polar surface area (TPSA) is 111 Å². The fourth-order valence-electron chi connectivity index (χ4n) is 7.08. The van der Waals surface area contributed by atoms with Crippen molar-refractivity contribution >= 4 is 29.1 Å². The molecule has 3 N–H and O–H groups in total. The summed E-state index contributed by atoms with van der Waals surface area (Å²) in [5, 5.41) is 16.0. The molecule has 2 bridgehead atoms. The van der Waals surface area contributed by atoms with E-state index in [4.69, 9.17) is 4.74 Å². The molecular formula is C31H40N4O5. The van der Waals surface area contributed by atoms with Crippen LogP contribution in [0.4, 0.5) is 11.4 Å². The van der Waals surface area contributed by atoms with Crippen LogP contribution in [-0.2, 0) is 25.7 Å². The Hall–Kier alpha value is -3.43. The second-order valence-electron chi connectivity index (χ2n) is 11.4. The quantitative estimate of drug-likeness (QED) is 0.421. The molecule has 0 aromatic heterocycles. The molecule has 2 aromatic carbocycles. The number of nitrogens with one attached hydrogen (secondary N) is 2. The molecule has 3 fully saturated rings. The smallest absolute Gasteiger partial charge is 0.250 e. The van der Waals surface area contributed by atoms with Gasteiger partial charge in [0, 0.05) is 31.0 Å². The van der Waals surface area contributed by atoms with E-state index in [-0.39, 0.29) is 24.3 Å². The average Bonchev–Trinajstić information content (AvgIpc) is 3.54. The van der Waals surface area contributed by atoms with Crippen molar-refractivity contribution in [1.82, 2.24) is 10.2 Å². The SMILES string of the molecule is CCN(CC)c1ccc(NC(=O)C2N([C@H](C)CO)C(=O)[C@@H]3[C@@H](C(=O)NCc4ccccc4)[C@@]4(C)CCC23O4)cc1. The van der Waals surface area contributed by atoms with E-state index in [2.05, 4.69) is 29.4 Å². The first-order valence-corrected chi connectivity index (χ1v) is 14.3. The Kier molecular flexibility index (Phi) is 7.63. The Labute approximate surface area is 235 Å². The van der Waals surface area contributed by atoms with Crippen molar-refractivity contribution in [3.05, 3.63) is 60.2 Å². The molecule has 5 rings (SSSR count). The Bertz CT molecular complexity index is 1250. The van der Waals surface area contributed by atoms with Crippen LogP contribution in [0.15, 0.2) is 54.6 Å². The van der Waals surface area contributed by atoms with Crippen molar-refractivity contribution in [2.75, 3.05) is 29.9 Å². The molecule has 6 atom stereocenters. The van der Waals surface area contributed by atoms with E-state index in [1.807, 2.05) is 61.5 Å². The summed E-state index contributed by atoms with van der Waals surface area (Å²) in [5.74, 6) is -2.49. The highest BCUT2D eigenvalue weighted by atomic mass is 16.5. The lowest BCUT2D eigenvalue weighted by molar-refractivity contribution is -0.147. The number of amides is 3. The van der Waals surface area contributed by atoms with E-state index in [9.17, 15) is 19.5 Å². The molecule has 9 heteroatoms. The van der Waals surface area contributed by atoms with Crippen LogP contribution in [-0.4, -0.2) is 70.7 Å². The third-order valence-electron chi connectivity index (χ3n) is 9.06. The summed E-state index contributed by atoms with van der Waals surface area (Å²) in [6, 6.07) is 15.6. The van der Waals surface area contributed by atoms with Gasteiger partial charge in [-0.2, -0.15) is 0 Å². The van der Waals surface area contributed by atoms with Crippen LogP contribution in [0.2, 0.25) is 0 Å². The number of ether oxygens (including phenoxy) is 1. The van der Waals surface area contributed by atoms with E-state index >= 15 is 0 Å². The van der Waals surface area contributed by atoms with Gasteiger partial charge in [-0.1, -0.05) is 30.3 Å². The summed E-state index contributed by atoms with van der Waals surface area (Å²) in [7, 11) is 0. The van der Waals surface area contributed by atoms with E-state index in [1.54, 1.807) is 6.92 Å². The average molecular weight is 549 g/mol. The van der Waals surface area contributed by atoms with Crippen molar-refractivity contribution in [1.29, 1.82) is 0 Å². The van der Waals surface area contributed by atoms with Gasteiger partial charge in [-0.15, -0.1) is 0 Å². The molecule has 3 aliphatic rings. The number of carbonyl (C=O) groups excluding carboxylic acids is 3. The third kappa shape index (κ3) is 4.55. The number of aliphatic hydroxyl groups is 1. The first kappa shape index (κ1) is 28.1. The minimum atomic E-state index is -1.14. The maximum absolute atomic E-state index is 14.0. The number of rotatable bonds is 10. The van der Waals surface area contributed by atoms with Crippen molar-refractivity contribution in [2.24, 2.45) is 11.8 Å². The zero-order valence-electron chi connectivity index (χ0n) is 23.7. The van der Waals surface area contributed by atoms with Gasteiger partial charge in [0.2, 0.25) is 17.7 Å². The molecule has 3 saturated heterocycles. The normalized spacial score (nSPS) is 29.3. The lowest BCUT2D eigenvalue weighted by Gasteiger charge is -2.35. The Morgan fingerprint density at radius 2 is 1.75 bits per heavy atom. The second-order valence-corrected chi connectivity index (χ2v) is 11.4. The van der Waals surface area contributed by atoms with Crippen molar-refractivity contribution < 1.29 is 24.2 Å². The number of benzene rings is 2. The number of aliphatic hydroxyl groups excluding tert-OH is 1. The van der Waals surface area contributed by atoms with Crippen LogP contribution in [0, 0.1) is 11.8 Å². The van der Waals surface area contributed by atoms with Gasteiger partial charge in [0.1, 0.15) is 11.6 Å². The van der Waals surface area contributed by atoms with E-state index < -0.39 is 35.1 Å². The van der Waals surface area contributed by atoms with Crippen molar-refractivity contribution in [3.8, 4) is 0 Å². The van der Waals surface area contributed by atoms with Crippen LogP contribution in [0.25, 0.3) is 0 Å². The third-order valence-corrected chi connectivity index (χ3v) is 9.06. The summed E-state index contributed by atoms with van der Waals surface area (Å²) in [5.41, 5.74) is 0.621. The zero-order valence-corrected chi connectivity index (χ0v) is 23.7. The fourth-order valence-corrected chi connectivity index (χ4v) is 7.08. The summed E-state index contributed by atoms with van der Waals surface area (Å²) < 4.78 is 6.63. The highest BCUT2D eigenvalue weighted by Gasteiger charge is 2.78. The molecular weight excluding hydrogens is 508 g/mol. The standard InChI is InChI=1S/C31H40N4O5/c1-5-34(6-2)23-14-12-22(13-15-23)33-28(38)26-31-17-16-30(4,40-31)24(25(31)29(39)35(26)20(3)19-36)27(37)32-18-21-10-8-7-9-11-21/h7-15,20,24-26,36H,5-6,16-19H2,1-4H3,(H,32,37)(H,33,38)/t20-,24+,25+,26?,30-,31?/m1/s1. The predicted octanol–water partition coefficient (Wildman–Crippen LogP) is 2.93. The Morgan fingerprint density at radius 3 is 2.38 bits per heavy atom. The van der Waals surface area contributed by atoms with Gasteiger partial charge in [-0.3, -0.25) is 14.4 Å². The lowest BCUT2D eigenvalue weighted by Crippen LogP contribution is -2.55. The number of nitrogens with zero attached hydrogens (tertiary/aromatic N) is 2. The number of anilines is 2. The molecule has 40 heavy (non-hydrogen) atoms. The van der Waals surface area contributed by atoms with E-state index in [0.29, 0.717) is 25.1 Å². The molecule has 3 aliphatic heterocycles. The van der Waals surface area contributed by atoms with Crippen LogP contribution >= 0.6 is 0 Å². The molecule has 0 radical (unpaired) electrons. The van der Waals surface area contributed by atoms with Crippen LogP contribution < -0.4 is 15.5 Å². The second kappa shape index (κ2) is 10.9. The maximum atomic E-state index is 14.0. The van der Waals surface area contributed by atoms with Gasteiger partial charge in [0.05, 0.1) is 30.1 Å². The van der Waals surface area contributed by atoms with Crippen molar-refractivity contribution in [3.63, 3.8) is 0 Å². The molecule has 0 aliphatic carbocycles. The predicted molar refractivity (Wildman–Crippen MR) is 153 cm³/mol. The first-order chi connectivity index (χ1) is 19.2. The van der Waals surface area contributed by atoms with Crippen LogP contribution in [0.3, 0.4) is 0 Å². The highest BCUT2D eigenvalue weighted by Crippen LogP contribution is 2.63. The summed E-state index contributed by atoms with van der Waals surface area (Å²) in [4.78, 5) is 45.3. The van der Waals surface area contributed by atoms with Crippen LogP contribution in [0.1, 0.15) is 46.1 Å². The van der Waals surface area contributed by atoms with Crippen LogP contribution in [0.5, 0.6) is 0 Å².